The molecule has 0 fully saturated rings. The molecule has 2 aromatic heterocycles. The van der Waals surface area contributed by atoms with E-state index in [1.807, 2.05) is 37.3 Å². The van der Waals surface area contributed by atoms with Crippen molar-refractivity contribution in [2.75, 3.05) is 5.32 Å². The number of aromatic nitrogens is 4. The van der Waals surface area contributed by atoms with Crippen LogP contribution in [0, 0.1) is 6.92 Å². The predicted octanol–water partition coefficient (Wildman–Crippen LogP) is 2.42. The van der Waals surface area contributed by atoms with E-state index in [0.717, 1.165) is 24.2 Å². The van der Waals surface area contributed by atoms with Gasteiger partial charge >= 0.3 is 0 Å². The molecule has 0 atom stereocenters. The monoisotopic (exact) mass is 353 g/mol. The van der Waals surface area contributed by atoms with Crippen molar-refractivity contribution in [2.24, 2.45) is 14.1 Å². The van der Waals surface area contributed by atoms with E-state index >= 15 is 0 Å². The molecule has 7 nitrogen and oxygen atoms in total. The quantitative estimate of drug-likeness (QED) is 0.765. The molecule has 0 aliphatic rings. The Morgan fingerprint density at radius 3 is 2.54 bits per heavy atom. The Morgan fingerprint density at radius 1 is 1.19 bits per heavy atom. The van der Waals surface area contributed by atoms with E-state index in [-0.39, 0.29) is 17.2 Å². The molecule has 0 radical (unpaired) electrons. The standard InChI is InChI=1S/C19H23N5O2/c1-5-9-14-12-16(22(3)21-14)18(25)20-17-13(2)23(4)24(19(17)26)15-10-7-6-8-11-15/h6-8,10-12H,5,9H2,1-4H3,(H,20,25). The highest BCUT2D eigenvalue weighted by molar-refractivity contribution is 6.03. The summed E-state index contributed by atoms with van der Waals surface area (Å²) in [5.41, 5.74) is 2.74. The summed E-state index contributed by atoms with van der Waals surface area (Å²) in [4.78, 5) is 25.6. The molecule has 2 heterocycles. The third-order valence-corrected chi connectivity index (χ3v) is 4.46. The Bertz CT molecular complexity index is 995. The van der Waals surface area contributed by atoms with Crippen molar-refractivity contribution in [3.8, 4) is 5.69 Å². The molecule has 0 saturated carbocycles. The lowest BCUT2D eigenvalue weighted by Gasteiger charge is -2.07. The molecule has 0 spiro atoms. The minimum atomic E-state index is -0.339. The van der Waals surface area contributed by atoms with Crippen LogP contribution in [0.5, 0.6) is 0 Å². The zero-order valence-corrected chi connectivity index (χ0v) is 15.5. The summed E-state index contributed by atoms with van der Waals surface area (Å²) in [5, 5.41) is 7.11. The van der Waals surface area contributed by atoms with Crippen molar-refractivity contribution in [1.82, 2.24) is 19.1 Å². The van der Waals surface area contributed by atoms with Gasteiger partial charge in [-0.2, -0.15) is 5.10 Å². The minimum Gasteiger partial charge on any atom is -0.314 e. The van der Waals surface area contributed by atoms with Crippen LogP contribution in [0.25, 0.3) is 5.69 Å². The van der Waals surface area contributed by atoms with Gasteiger partial charge in [-0.05, 0) is 31.5 Å². The number of amides is 1. The van der Waals surface area contributed by atoms with Crippen LogP contribution >= 0.6 is 0 Å². The fourth-order valence-electron chi connectivity index (χ4n) is 3.01. The minimum absolute atomic E-state index is 0.263. The summed E-state index contributed by atoms with van der Waals surface area (Å²) < 4.78 is 4.82. The smallest absolute Gasteiger partial charge is 0.295 e. The Labute approximate surface area is 151 Å². The highest BCUT2D eigenvalue weighted by Gasteiger charge is 2.20. The first-order valence-corrected chi connectivity index (χ1v) is 8.62. The van der Waals surface area contributed by atoms with Gasteiger partial charge in [0.05, 0.1) is 17.1 Å². The number of rotatable bonds is 5. The molecule has 26 heavy (non-hydrogen) atoms. The van der Waals surface area contributed by atoms with Gasteiger partial charge in [0.15, 0.2) is 0 Å². The number of carbonyl (C=O) groups is 1. The Kier molecular flexibility index (Phi) is 4.79. The molecular weight excluding hydrogens is 330 g/mol. The largest absolute Gasteiger partial charge is 0.314 e. The van der Waals surface area contributed by atoms with E-state index in [2.05, 4.69) is 17.3 Å². The normalized spacial score (nSPS) is 10.9. The summed E-state index contributed by atoms with van der Waals surface area (Å²) in [6.07, 6.45) is 1.77. The second-order valence-corrected chi connectivity index (χ2v) is 6.29. The topological polar surface area (TPSA) is 73.8 Å². The van der Waals surface area contributed by atoms with Gasteiger partial charge in [0, 0.05) is 14.1 Å². The molecule has 1 N–H and O–H groups in total. The van der Waals surface area contributed by atoms with Crippen LogP contribution in [0.4, 0.5) is 5.69 Å². The van der Waals surface area contributed by atoms with E-state index in [4.69, 9.17) is 0 Å². The van der Waals surface area contributed by atoms with Gasteiger partial charge in [0.2, 0.25) is 0 Å². The van der Waals surface area contributed by atoms with Crippen LogP contribution in [0.15, 0.2) is 41.2 Å². The van der Waals surface area contributed by atoms with E-state index in [1.165, 1.54) is 4.68 Å². The van der Waals surface area contributed by atoms with Gasteiger partial charge in [-0.15, -0.1) is 0 Å². The van der Waals surface area contributed by atoms with Crippen molar-refractivity contribution in [2.45, 2.75) is 26.7 Å². The number of carbonyl (C=O) groups excluding carboxylic acids is 1. The van der Waals surface area contributed by atoms with Crippen molar-refractivity contribution >= 4 is 11.6 Å². The molecule has 7 heteroatoms. The maximum atomic E-state index is 12.9. The summed E-state index contributed by atoms with van der Waals surface area (Å²) in [6.45, 7) is 3.87. The Hall–Kier alpha value is -3.09. The molecule has 0 aliphatic heterocycles. The van der Waals surface area contributed by atoms with E-state index in [0.29, 0.717) is 11.4 Å². The van der Waals surface area contributed by atoms with Crippen molar-refractivity contribution in [3.63, 3.8) is 0 Å². The second kappa shape index (κ2) is 7.03. The second-order valence-electron chi connectivity index (χ2n) is 6.29. The summed E-state index contributed by atoms with van der Waals surface area (Å²) in [5.74, 6) is -0.339. The molecule has 0 aliphatic carbocycles. The first-order chi connectivity index (χ1) is 12.4. The number of para-hydroxylation sites is 1. The highest BCUT2D eigenvalue weighted by atomic mass is 16.2. The van der Waals surface area contributed by atoms with Crippen LogP contribution in [0.3, 0.4) is 0 Å². The predicted molar refractivity (Wildman–Crippen MR) is 101 cm³/mol. The molecule has 3 rings (SSSR count). The van der Waals surface area contributed by atoms with Crippen molar-refractivity contribution < 1.29 is 4.79 Å². The summed E-state index contributed by atoms with van der Waals surface area (Å²) in [7, 11) is 3.52. The zero-order valence-electron chi connectivity index (χ0n) is 15.5. The van der Waals surface area contributed by atoms with Crippen LogP contribution in [-0.2, 0) is 20.5 Å². The van der Waals surface area contributed by atoms with E-state index in [1.54, 1.807) is 29.5 Å². The maximum absolute atomic E-state index is 12.9. The molecule has 1 aromatic carbocycles. The average molecular weight is 353 g/mol. The number of hydrogen-bond acceptors (Lipinski definition) is 3. The first-order valence-electron chi connectivity index (χ1n) is 8.62. The zero-order chi connectivity index (χ0) is 18.8. The van der Waals surface area contributed by atoms with Crippen LogP contribution in [-0.4, -0.2) is 25.1 Å². The van der Waals surface area contributed by atoms with Gasteiger partial charge in [0.1, 0.15) is 11.4 Å². The lowest BCUT2D eigenvalue weighted by molar-refractivity contribution is 0.101. The number of aryl methyl sites for hydroxylation is 2. The Balaban J connectivity index is 1.96. The molecule has 136 valence electrons. The number of nitrogens with zero attached hydrogens (tertiary/aromatic N) is 4. The fraction of sp³-hybridized carbons (Fsp3) is 0.316. The highest BCUT2D eigenvalue weighted by Crippen LogP contribution is 2.15. The van der Waals surface area contributed by atoms with Gasteiger partial charge in [0.25, 0.3) is 11.5 Å². The molecule has 0 unspecified atom stereocenters. The molecule has 3 aromatic rings. The van der Waals surface area contributed by atoms with Gasteiger partial charge in [-0.25, -0.2) is 4.68 Å². The van der Waals surface area contributed by atoms with Gasteiger partial charge in [-0.1, -0.05) is 31.5 Å². The van der Waals surface area contributed by atoms with Gasteiger partial charge in [-0.3, -0.25) is 19.0 Å². The van der Waals surface area contributed by atoms with Crippen molar-refractivity contribution in [1.29, 1.82) is 0 Å². The number of anilines is 1. The first kappa shape index (κ1) is 17.7. The third-order valence-electron chi connectivity index (χ3n) is 4.46. The van der Waals surface area contributed by atoms with E-state index < -0.39 is 0 Å². The number of benzene rings is 1. The maximum Gasteiger partial charge on any atom is 0.295 e. The van der Waals surface area contributed by atoms with Crippen LogP contribution in [0.1, 0.15) is 35.2 Å². The molecule has 0 bridgehead atoms. The lowest BCUT2D eigenvalue weighted by Crippen LogP contribution is -2.23. The number of nitrogens with one attached hydrogen (secondary N) is 1. The van der Waals surface area contributed by atoms with Gasteiger partial charge < -0.3 is 5.32 Å². The van der Waals surface area contributed by atoms with Crippen LogP contribution < -0.4 is 10.9 Å². The molecule has 0 saturated heterocycles. The van der Waals surface area contributed by atoms with Crippen molar-refractivity contribution in [3.05, 3.63) is 63.8 Å². The van der Waals surface area contributed by atoms with E-state index in [9.17, 15) is 9.59 Å². The Morgan fingerprint density at radius 2 is 1.88 bits per heavy atom. The molecule has 1 amide bonds. The molecular formula is C19H23N5O2. The SMILES string of the molecule is CCCc1cc(C(=O)Nc2c(C)n(C)n(-c3ccccc3)c2=O)n(C)n1. The summed E-state index contributed by atoms with van der Waals surface area (Å²) in [6, 6.07) is 11.1. The fourth-order valence-corrected chi connectivity index (χ4v) is 3.01. The summed E-state index contributed by atoms with van der Waals surface area (Å²) >= 11 is 0. The van der Waals surface area contributed by atoms with Crippen LogP contribution in [0.2, 0.25) is 0 Å². The average Bonchev–Trinajstić information content (AvgIpc) is 3.09. The number of hydrogen-bond donors (Lipinski definition) is 1. The third kappa shape index (κ3) is 3.08. The lowest BCUT2D eigenvalue weighted by atomic mass is 10.2.